The summed E-state index contributed by atoms with van der Waals surface area (Å²) >= 11 is 0. The van der Waals surface area contributed by atoms with Crippen molar-refractivity contribution in [1.29, 1.82) is 0 Å². The van der Waals surface area contributed by atoms with Crippen molar-refractivity contribution >= 4 is 17.6 Å². The quantitative estimate of drug-likeness (QED) is 0.571. The summed E-state index contributed by atoms with van der Waals surface area (Å²) in [5.41, 5.74) is 2.64. The number of nitrogens with zero attached hydrogens (tertiary/aromatic N) is 2. The van der Waals surface area contributed by atoms with E-state index in [0.717, 1.165) is 24.1 Å². The number of aryl methyl sites for hydroxylation is 1. The van der Waals surface area contributed by atoms with Gasteiger partial charge in [0.2, 0.25) is 11.8 Å². The Hall–Kier alpha value is -3.87. The Morgan fingerprint density at radius 3 is 2.53 bits per heavy atom. The highest BCUT2D eigenvalue weighted by atomic mass is 16.5. The van der Waals surface area contributed by atoms with Gasteiger partial charge in [-0.2, -0.15) is 0 Å². The lowest BCUT2D eigenvalue weighted by Gasteiger charge is -2.25. The Bertz CT molecular complexity index is 1050. The first-order chi connectivity index (χ1) is 15.6. The number of urea groups is 1. The van der Waals surface area contributed by atoms with Crippen LogP contribution >= 0.6 is 0 Å². The lowest BCUT2D eigenvalue weighted by molar-refractivity contribution is -0.128. The number of hydrogen-bond donors (Lipinski definition) is 2. The van der Waals surface area contributed by atoms with Crippen molar-refractivity contribution < 1.29 is 14.3 Å². The van der Waals surface area contributed by atoms with Gasteiger partial charge in [0.1, 0.15) is 5.75 Å². The van der Waals surface area contributed by atoms with Crippen molar-refractivity contribution in [1.82, 2.24) is 15.2 Å². The first-order valence-electron chi connectivity index (χ1n) is 10.7. The highest BCUT2D eigenvalue weighted by molar-refractivity contribution is 5.89. The third-order valence-electron chi connectivity index (χ3n) is 5.32. The molecule has 3 aromatic rings. The molecule has 0 saturated carbocycles. The molecule has 32 heavy (non-hydrogen) atoms. The summed E-state index contributed by atoms with van der Waals surface area (Å²) in [7, 11) is 0. The van der Waals surface area contributed by atoms with E-state index < -0.39 is 0 Å². The van der Waals surface area contributed by atoms with Gasteiger partial charge in [0.05, 0.1) is 17.9 Å². The molecule has 2 heterocycles. The van der Waals surface area contributed by atoms with Crippen LogP contribution in [0.4, 0.5) is 10.5 Å². The van der Waals surface area contributed by atoms with Gasteiger partial charge in [0.15, 0.2) is 0 Å². The second-order valence-electron chi connectivity index (χ2n) is 7.81. The van der Waals surface area contributed by atoms with E-state index in [9.17, 15) is 9.59 Å². The van der Waals surface area contributed by atoms with Crippen LogP contribution in [-0.2, 0) is 4.79 Å². The SMILES string of the molecule is Cc1ccc(Oc2ccc(NC(=O)NC(CN3CCCC3=O)c3ccccc3)cn2)cc1. The zero-order valence-electron chi connectivity index (χ0n) is 18.0. The molecule has 0 bridgehead atoms. The lowest BCUT2D eigenvalue weighted by atomic mass is 10.1. The van der Waals surface area contributed by atoms with Crippen molar-refractivity contribution in [3.05, 3.63) is 84.1 Å². The molecule has 1 aliphatic heterocycles. The summed E-state index contributed by atoms with van der Waals surface area (Å²) in [6.45, 7) is 3.18. The second kappa shape index (κ2) is 9.96. The van der Waals surface area contributed by atoms with Gasteiger partial charge >= 0.3 is 6.03 Å². The van der Waals surface area contributed by atoms with Gasteiger partial charge in [0.25, 0.3) is 0 Å². The summed E-state index contributed by atoms with van der Waals surface area (Å²) in [4.78, 5) is 30.8. The zero-order chi connectivity index (χ0) is 22.3. The maximum atomic E-state index is 12.7. The maximum Gasteiger partial charge on any atom is 0.319 e. The number of nitrogens with one attached hydrogen (secondary N) is 2. The third kappa shape index (κ3) is 5.63. The highest BCUT2D eigenvalue weighted by Crippen LogP contribution is 2.22. The number of pyridine rings is 1. The molecule has 0 radical (unpaired) electrons. The predicted molar refractivity (Wildman–Crippen MR) is 123 cm³/mol. The lowest BCUT2D eigenvalue weighted by Crippen LogP contribution is -2.40. The van der Waals surface area contributed by atoms with E-state index in [1.807, 2.05) is 61.5 Å². The number of aromatic nitrogens is 1. The molecule has 1 aliphatic rings. The number of amides is 3. The average molecular weight is 431 g/mol. The van der Waals surface area contributed by atoms with E-state index in [1.165, 1.54) is 0 Å². The summed E-state index contributed by atoms with van der Waals surface area (Å²) in [6, 6.07) is 20.1. The van der Waals surface area contributed by atoms with Crippen molar-refractivity contribution in [3.8, 4) is 11.6 Å². The van der Waals surface area contributed by atoms with Crippen LogP contribution in [0.3, 0.4) is 0 Å². The Morgan fingerprint density at radius 2 is 1.88 bits per heavy atom. The smallest absolute Gasteiger partial charge is 0.319 e. The molecular formula is C25H26N4O3. The number of carbonyl (C=O) groups excluding carboxylic acids is 2. The minimum absolute atomic E-state index is 0.126. The molecule has 7 heteroatoms. The highest BCUT2D eigenvalue weighted by Gasteiger charge is 2.25. The number of ether oxygens (including phenoxy) is 1. The van der Waals surface area contributed by atoms with Crippen LogP contribution in [0.15, 0.2) is 72.9 Å². The van der Waals surface area contributed by atoms with Crippen LogP contribution in [0.1, 0.15) is 30.0 Å². The Kier molecular flexibility index (Phi) is 6.65. The molecule has 1 atom stereocenters. The standard InChI is InChI=1S/C25H26N4O3/c1-18-9-12-21(13-10-18)32-23-14-11-20(16-26-23)27-25(31)28-22(19-6-3-2-4-7-19)17-29-15-5-8-24(29)30/h2-4,6-7,9-14,16,22H,5,8,15,17H2,1H3,(H2,27,28,31). The van der Waals surface area contributed by atoms with Crippen molar-refractivity contribution in [3.63, 3.8) is 0 Å². The minimum Gasteiger partial charge on any atom is -0.439 e. The first-order valence-corrected chi connectivity index (χ1v) is 10.7. The molecule has 1 aromatic heterocycles. The van der Waals surface area contributed by atoms with Crippen molar-refractivity contribution in [2.75, 3.05) is 18.4 Å². The zero-order valence-corrected chi connectivity index (χ0v) is 18.0. The molecule has 1 unspecified atom stereocenters. The van der Waals surface area contributed by atoms with Gasteiger partial charge in [0, 0.05) is 25.6 Å². The summed E-state index contributed by atoms with van der Waals surface area (Å²) in [5, 5.41) is 5.79. The molecule has 2 N–H and O–H groups in total. The van der Waals surface area contributed by atoms with Crippen LogP contribution in [0.2, 0.25) is 0 Å². The number of likely N-dealkylation sites (tertiary alicyclic amines) is 1. The third-order valence-corrected chi connectivity index (χ3v) is 5.32. The molecule has 3 amide bonds. The van der Waals surface area contributed by atoms with E-state index in [1.54, 1.807) is 23.2 Å². The number of benzene rings is 2. The van der Waals surface area contributed by atoms with Gasteiger partial charge in [-0.3, -0.25) is 4.79 Å². The molecule has 164 valence electrons. The Labute approximate surface area is 187 Å². The maximum absolute atomic E-state index is 12.7. The topological polar surface area (TPSA) is 83.6 Å². The van der Waals surface area contributed by atoms with E-state index in [2.05, 4.69) is 15.6 Å². The number of anilines is 1. The normalized spacial score (nSPS) is 14.2. The van der Waals surface area contributed by atoms with Crippen LogP contribution in [-0.4, -0.2) is 34.9 Å². The summed E-state index contributed by atoms with van der Waals surface area (Å²) in [6.07, 6.45) is 2.97. The van der Waals surface area contributed by atoms with E-state index in [0.29, 0.717) is 30.3 Å². The van der Waals surface area contributed by atoms with E-state index in [4.69, 9.17) is 4.74 Å². The van der Waals surface area contributed by atoms with Crippen molar-refractivity contribution in [2.24, 2.45) is 0 Å². The minimum atomic E-state index is -0.362. The van der Waals surface area contributed by atoms with Gasteiger partial charge in [-0.1, -0.05) is 48.0 Å². The van der Waals surface area contributed by atoms with Crippen LogP contribution < -0.4 is 15.4 Å². The fourth-order valence-corrected chi connectivity index (χ4v) is 3.60. The van der Waals surface area contributed by atoms with Crippen LogP contribution in [0.5, 0.6) is 11.6 Å². The largest absolute Gasteiger partial charge is 0.439 e. The molecule has 1 saturated heterocycles. The Morgan fingerprint density at radius 1 is 1.09 bits per heavy atom. The van der Waals surface area contributed by atoms with E-state index >= 15 is 0 Å². The van der Waals surface area contributed by atoms with Crippen LogP contribution in [0, 0.1) is 6.92 Å². The van der Waals surface area contributed by atoms with Crippen LogP contribution in [0.25, 0.3) is 0 Å². The molecule has 1 fully saturated rings. The van der Waals surface area contributed by atoms with Gasteiger partial charge in [-0.15, -0.1) is 0 Å². The van der Waals surface area contributed by atoms with Gasteiger partial charge in [-0.25, -0.2) is 9.78 Å². The summed E-state index contributed by atoms with van der Waals surface area (Å²) in [5.74, 6) is 1.26. The molecule has 0 spiro atoms. The first kappa shape index (κ1) is 21.4. The molecule has 7 nitrogen and oxygen atoms in total. The molecule has 2 aromatic carbocycles. The van der Waals surface area contributed by atoms with Gasteiger partial charge < -0.3 is 20.3 Å². The monoisotopic (exact) mass is 430 g/mol. The summed E-state index contributed by atoms with van der Waals surface area (Å²) < 4.78 is 5.72. The molecular weight excluding hydrogens is 404 g/mol. The van der Waals surface area contributed by atoms with E-state index in [-0.39, 0.29) is 18.0 Å². The number of carbonyl (C=O) groups is 2. The predicted octanol–water partition coefficient (Wildman–Crippen LogP) is 4.67. The Balaban J connectivity index is 1.38. The second-order valence-corrected chi connectivity index (χ2v) is 7.81. The molecule has 0 aliphatic carbocycles. The molecule has 4 rings (SSSR count). The average Bonchev–Trinajstić information content (AvgIpc) is 3.21. The van der Waals surface area contributed by atoms with Gasteiger partial charge in [-0.05, 0) is 37.1 Å². The number of rotatable bonds is 7. The fourth-order valence-electron chi connectivity index (χ4n) is 3.60. The fraction of sp³-hybridized carbons (Fsp3) is 0.240. The van der Waals surface area contributed by atoms with Crippen molar-refractivity contribution in [2.45, 2.75) is 25.8 Å². The number of hydrogen-bond acceptors (Lipinski definition) is 4.